The average molecular weight is 386 g/mol. The van der Waals surface area contributed by atoms with Crippen LogP contribution < -0.4 is 0 Å². The molecule has 2 rings (SSSR count). The highest BCUT2D eigenvalue weighted by atomic mass is 35.5. The van der Waals surface area contributed by atoms with Crippen LogP contribution in [-0.4, -0.2) is 24.8 Å². The first kappa shape index (κ1) is 17.0. The van der Waals surface area contributed by atoms with Gasteiger partial charge in [-0.25, -0.2) is 13.4 Å². The highest BCUT2D eigenvalue weighted by molar-refractivity contribution is 7.89. The number of aromatic nitrogens is 1. The minimum Gasteiger partial charge on any atom is -0.248 e. The van der Waals surface area contributed by atoms with E-state index in [0.717, 1.165) is 0 Å². The van der Waals surface area contributed by atoms with Gasteiger partial charge >= 0.3 is 0 Å². The van der Waals surface area contributed by atoms with Crippen LogP contribution in [0.3, 0.4) is 0 Å². The van der Waals surface area contributed by atoms with Crippen molar-refractivity contribution in [1.82, 2.24) is 9.29 Å². The molecule has 0 N–H and O–H groups in total. The molecule has 0 radical (unpaired) electrons. The van der Waals surface area contributed by atoms with Crippen LogP contribution in [0.5, 0.6) is 0 Å². The van der Waals surface area contributed by atoms with Crippen molar-refractivity contribution >= 4 is 56.2 Å². The van der Waals surface area contributed by atoms with Gasteiger partial charge in [0.1, 0.15) is 4.90 Å². The Bertz CT molecular complexity index is 733. The monoisotopic (exact) mass is 384 g/mol. The Morgan fingerprint density at radius 2 is 2.05 bits per heavy atom. The van der Waals surface area contributed by atoms with Crippen molar-refractivity contribution in [2.45, 2.75) is 17.3 Å². The number of sulfonamides is 1. The van der Waals surface area contributed by atoms with Crippen LogP contribution in [0.15, 0.2) is 27.9 Å². The molecule has 0 aliphatic heterocycles. The van der Waals surface area contributed by atoms with E-state index in [-0.39, 0.29) is 27.4 Å². The van der Waals surface area contributed by atoms with E-state index in [1.807, 2.05) is 0 Å². The normalized spacial score (nSPS) is 12.0. The van der Waals surface area contributed by atoms with E-state index in [4.69, 9.17) is 34.8 Å². The van der Waals surface area contributed by atoms with Crippen LogP contribution >= 0.6 is 46.1 Å². The van der Waals surface area contributed by atoms with Gasteiger partial charge in [-0.05, 0) is 17.7 Å². The third-order valence-corrected chi connectivity index (χ3v) is 6.31. The van der Waals surface area contributed by atoms with Crippen LogP contribution in [0.25, 0.3) is 0 Å². The van der Waals surface area contributed by atoms with Gasteiger partial charge in [0.25, 0.3) is 0 Å². The molecule has 114 valence electrons. The molecule has 0 bridgehead atoms. The Hall–Kier alpha value is -0.370. The highest BCUT2D eigenvalue weighted by Gasteiger charge is 2.26. The van der Waals surface area contributed by atoms with E-state index in [1.165, 1.54) is 28.8 Å². The molecule has 9 heteroatoms. The van der Waals surface area contributed by atoms with Crippen molar-refractivity contribution in [2.75, 3.05) is 7.05 Å². The van der Waals surface area contributed by atoms with Crippen molar-refractivity contribution < 1.29 is 8.42 Å². The number of thiazole rings is 1. The SMILES string of the molecule is CN(Cc1cscn1)S(=O)(=O)c1cc(Cl)cc(CCl)c1Cl. The maximum absolute atomic E-state index is 12.6. The van der Waals surface area contributed by atoms with E-state index >= 15 is 0 Å². The number of hydrogen-bond acceptors (Lipinski definition) is 4. The number of halogens is 3. The third-order valence-electron chi connectivity index (χ3n) is 2.78. The molecule has 0 fully saturated rings. The zero-order valence-corrected chi connectivity index (χ0v) is 14.8. The topological polar surface area (TPSA) is 50.3 Å². The van der Waals surface area contributed by atoms with E-state index in [1.54, 1.807) is 17.0 Å². The molecular weight excluding hydrogens is 375 g/mol. The number of rotatable bonds is 5. The summed E-state index contributed by atoms with van der Waals surface area (Å²) in [5.41, 5.74) is 2.79. The van der Waals surface area contributed by atoms with E-state index in [2.05, 4.69) is 4.98 Å². The van der Waals surface area contributed by atoms with Gasteiger partial charge in [0.2, 0.25) is 10.0 Å². The largest absolute Gasteiger partial charge is 0.248 e. The molecule has 0 aliphatic carbocycles. The molecule has 0 atom stereocenters. The smallest absolute Gasteiger partial charge is 0.244 e. The second-order valence-corrected chi connectivity index (χ2v) is 8.07. The summed E-state index contributed by atoms with van der Waals surface area (Å²) in [5.74, 6) is 0.0811. The lowest BCUT2D eigenvalue weighted by Crippen LogP contribution is -2.27. The van der Waals surface area contributed by atoms with Crippen molar-refractivity contribution in [3.8, 4) is 0 Å². The molecule has 0 saturated carbocycles. The summed E-state index contributed by atoms with van der Waals surface area (Å²) in [4.78, 5) is 4.02. The van der Waals surface area contributed by atoms with Crippen molar-refractivity contribution in [3.05, 3.63) is 44.3 Å². The maximum Gasteiger partial charge on any atom is 0.244 e. The van der Waals surface area contributed by atoms with Gasteiger partial charge in [0.05, 0.1) is 22.8 Å². The lowest BCUT2D eigenvalue weighted by Gasteiger charge is -2.18. The third kappa shape index (κ3) is 3.70. The van der Waals surface area contributed by atoms with Gasteiger partial charge in [0, 0.05) is 23.3 Å². The van der Waals surface area contributed by atoms with Crippen LogP contribution in [0, 0.1) is 0 Å². The van der Waals surface area contributed by atoms with Gasteiger partial charge in [-0.3, -0.25) is 0 Å². The van der Waals surface area contributed by atoms with Crippen LogP contribution in [0.1, 0.15) is 11.3 Å². The minimum atomic E-state index is -3.78. The quantitative estimate of drug-likeness (QED) is 0.731. The first-order chi connectivity index (χ1) is 9.86. The Kier molecular flexibility index (Phi) is 5.51. The summed E-state index contributed by atoms with van der Waals surface area (Å²) in [5, 5.41) is 2.16. The van der Waals surface area contributed by atoms with Gasteiger partial charge in [-0.2, -0.15) is 4.31 Å². The van der Waals surface area contributed by atoms with Gasteiger partial charge in [-0.1, -0.05) is 23.2 Å². The summed E-state index contributed by atoms with van der Waals surface area (Å²) in [6.45, 7) is 0.158. The molecule has 0 spiro atoms. The molecule has 1 heterocycles. The van der Waals surface area contributed by atoms with Gasteiger partial charge in [0.15, 0.2) is 0 Å². The minimum absolute atomic E-state index is 0.0509. The van der Waals surface area contributed by atoms with Crippen LogP contribution in [0.4, 0.5) is 0 Å². The summed E-state index contributed by atoms with van der Waals surface area (Å²) in [7, 11) is -2.31. The molecule has 21 heavy (non-hydrogen) atoms. The zero-order chi connectivity index (χ0) is 15.6. The first-order valence-electron chi connectivity index (χ1n) is 5.73. The zero-order valence-electron chi connectivity index (χ0n) is 10.9. The van der Waals surface area contributed by atoms with Gasteiger partial charge < -0.3 is 0 Å². The first-order valence-corrected chi connectivity index (χ1v) is 9.41. The van der Waals surface area contributed by atoms with Gasteiger partial charge in [-0.15, -0.1) is 22.9 Å². The molecule has 0 saturated heterocycles. The molecule has 0 aliphatic rings. The number of alkyl halides is 1. The molecular formula is C12H11Cl3N2O2S2. The van der Waals surface area contributed by atoms with Crippen molar-refractivity contribution in [2.24, 2.45) is 0 Å². The molecule has 1 aromatic heterocycles. The Morgan fingerprint density at radius 3 is 2.62 bits per heavy atom. The Morgan fingerprint density at radius 1 is 1.33 bits per heavy atom. The van der Waals surface area contributed by atoms with E-state index in [9.17, 15) is 8.42 Å². The van der Waals surface area contributed by atoms with Crippen LogP contribution in [0.2, 0.25) is 10.0 Å². The fourth-order valence-corrected chi connectivity index (χ4v) is 4.57. The molecule has 0 amide bonds. The lowest BCUT2D eigenvalue weighted by atomic mass is 10.2. The fourth-order valence-electron chi connectivity index (χ4n) is 1.70. The second kappa shape index (κ2) is 6.81. The summed E-state index contributed by atoms with van der Waals surface area (Å²) in [6, 6.07) is 2.88. The molecule has 0 unspecified atom stereocenters. The summed E-state index contributed by atoms with van der Waals surface area (Å²) >= 11 is 19.2. The Balaban J connectivity index is 2.41. The van der Waals surface area contributed by atoms with E-state index in [0.29, 0.717) is 11.3 Å². The number of hydrogen-bond donors (Lipinski definition) is 0. The lowest BCUT2D eigenvalue weighted by molar-refractivity contribution is 0.463. The van der Waals surface area contributed by atoms with Crippen molar-refractivity contribution in [3.63, 3.8) is 0 Å². The fraction of sp³-hybridized carbons (Fsp3) is 0.250. The number of benzene rings is 1. The molecule has 1 aromatic carbocycles. The molecule has 2 aromatic rings. The van der Waals surface area contributed by atoms with E-state index < -0.39 is 10.0 Å². The molecule has 4 nitrogen and oxygen atoms in total. The van der Waals surface area contributed by atoms with Crippen LogP contribution in [-0.2, 0) is 22.4 Å². The highest BCUT2D eigenvalue weighted by Crippen LogP contribution is 2.32. The maximum atomic E-state index is 12.6. The predicted octanol–water partition coefficient (Wildman–Crippen LogP) is 4.01. The second-order valence-electron chi connectivity index (χ2n) is 4.25. The predicted molar refractivity (Wildman–Crippen MR) is 86.8 cm³/mol. The van der Waals surface area contributed by atoms with Crippen molar-refractivity contribution in [1.29, 1.82) is 0 Å². The standard InChI is InChI=1S/C12H11Cl3N2O2S2/c1-17(5-10-6-20-7-16-10)21(18,19)11-3-9(14)2-8(4-13)12(11)15/h2-3,6-7H,4-5H2,1H3. The Labute approximate surface area is 142 Å². The summed E-state index contributed by atoms with van der Waals surface area (Å²) < 4.78 is 26.4. The summed E-state index contributed by atoms with van der Waals surface area (Å²) in [6.07, 6.45) is 0. The number of nitrogens with zero attached hydrogens (tertiary/aromatic N) is 2. The average Bonchev–Trinajstić information content (AvgIpc) is 2.93.